The van der Waals surface area contributed by atoms with Crippen molar-refractivity contribution in [2.75, 3.05) is 0 Å². The highest BCUT2D eigenvalue weighted by molar-refractivity contribution is 6.30. The summed E-state index contributed by atoms with van der Waals surface area (Å²) < 4.78 is 13.6. The summed E-state index contributed by atoms with van der Waals surface area (Å²) in [5, 5.41) is 0.527. The Kier molecular flexibility index (Phi) is 3.22. The molecule has 1 nitrogen and oxygen atoms in total. The van der Waals surface area contributed by atoms with Crippen molar-refractivity contribution in [3.05, 3.63) is 58.9 Å². The van der Waals surface area contributed by atoms with Gasteiger partial charge in [-0.3, -0.25) is 0 Å². The predicted octanol–water partition coefficient (Wildman–Crippen LogP) is 3.60. The normalized spacial score (nSPS) is 10.4. The van der Waals surface area contributed by atoms with Crippen molar-refractivity contribution < 1.29 is 4.39 Å². The fourth-order valence-corrected chi connectivity index (χ4v) is 1.71. The molecule has 2 rings (SSSR count). The Bertz CT molecular complexity index is 494. The van der Waals surface area contributed by atoms with Crippen LogP contribution in [0.1, 0.15) is 5.56 Å². The first-order valence-electron chi connectivity index (χ1n) is 4.95. The predicted molar refractivity (Wildman–Crippen MR) is 64.7 cm³/mol. The first-order chi connectivity index (χ1) is 7.70. The van der Waals surface area contributed by atoms with E-state index in [1.54, 1.807) is 6.07 Å². The average molecular weight is 236 g/mol. The van der Waals surface area contributed by atoms with Gasteiger partial charge in [0.25, 0.3) is 0 Å². The molecule has 0 unspecified atom stereocenters. The van der Waals surface area contributed by atoms with E-state index in [0.29, 0.717) is 17.1 Å². The molecule has 0 radical (unpaired) electrons. The second kappa shape index (κ2) is 4.64. The summed E-state index contributed by atoms with van der Waals surface area (Å²) in [5.74, 6) is -0.273. The standard InChI is InChI=1S/C13H11ClFN/c14-11-5-6-13(15)12(7-11)10-3-1-9(8-16)2-4-10/h1-7H,8,16H2. The highest BCUT2D eigenvalue weighted by atomic mass is 35.5. The zero-order valence-electron chi connectivity index (χ0n) is 8.58. The fraction of sp³-hybridized carbons (Fsp3) is 0.0769. The number of hydrogen-bond acceptors (Lipinski definition) is 1. The van der Waals surface area contributed by atoms with E-state index in [1.165, 1.54) is 12.1 Å². The number of halogens is 2. The quantitative estimate of drug-likeness (QED) is 0.846. The third-order valence-electron chi connectivity index (χ3n) is 2.43. The van der Waals surface area contributed by atoms with Crippen LogP contribution in [-0.2, 0) is 6.54 Å². The third-order valence-corrected chi connectivity index (χ3v) is 2.66. The van der Waals surface area contributed by atoms with E-state index in [1.807, 2.05) is 24.3 Å². The number of benzene rings is 2. The van der Waals surface area contributed by atoms with Crippen LogP contribution >= 0.6 is 11.6 Å². The summed E-state index contributed by atoms with van der Waals surface area (Å²) in [7, 11) is 0. The molecule has 0 fully saturated rings. The van der Waals surface area contributed by atoms with Gasteiger partial charge in [-0.2, -0.15) is 0 Å². The first-order valence-corrected chi connectivity index (χ1v) is 5.33. The van der Waals surface area contributed by atoms with E-state index in [-0.39, 0.29) is 5.82 Å². The zero-order chi connectivity index (χ0) is 11.5. The van der Waals surface area contributed by atoms with Gasteiger partial charge in [0, 0.05) is 17.1 Å². The van der Waals surface area contributed by atoms with Crippen molar-refractivity contribution in [1.29, 1.82) is 0 Å². The Morgan fingerprint density at radius 3 is 2.38 bits per heavy atom. The molecule has 0 amide bonds. The molecule has 2 aromatic carbocycles. The van der Waals surface area contributed by atoms with E-state index in [9.17, 15) is 4.39 Å². The number of hydrogen-bond donors (Lipinski definition) is 1. The molecule has 0 bridgehead atoms. The van der Waals surface area contributed by atoms with Gasteiger partial charge in [-0.15, -0.1) is 0 Å². The number of nitrogens with two attached hydrogens (primary N) is 1. The Morgan fingerprint density at radius 2 is 1.75 bits per heavy atom. The van der Waals surface area contributed by atoms with Gasteiger partial charge in [-0.05, 0) is 29.3 Å². The maximum absolute atomic E-state index is 13.6. The summed E-state index contributed by atoms with van der Waals surface area (Å²) >= 11 is 5.84. The molecule has 2 N–H and O–H groups in total. The first kappa shape index (κ1) is 11.1. The Labute approximate surface area is 98.7 Å². The topological polar surface area (TPSA) is 26.0 Å². The highest BCUT2D eigenvalue weighted by Crippen LogP contribution is 2.26. The van der Waals surface area contributed by atoms with Crippen LogP contribution in [0.4, 0.5) is 4.39 Å². The maximum Gasteiger partial charge on any atom is 0.131 e. The molecular formula is C13H11ClFN. The lowest BCUT2D eigenvalue weighted by Crippen LogP contribution is -1.95. The summed E-state index contributed by atoms with van der Waals surface area (Å²) in [4.78, 5) is 0. The molecule has 0 aromatic heterocycles. The zero-order valence-corrected chi connectivity index (χ0v) is 9.34. The minimum absolute atomic E-state index is 0.273. The summed E-state index contributed by atoms with van der Waals surface area (Å²) in [6, 6.07) is 12.0. The van der Waals surface area contributed by atoms with Gasteiger partial charge in [-0.25, -0.2) is 4.39 Å². The molecule has 0 aliphatic carbocycles. The third kappa shape index (κ3) is 2.23. The highest BCUT2D eigenvalue weighted by Gasteiger charge is 2.05. The van der Waals surface area contributed by atoms with E-state index < -0.39 is 0 Å². The largest absolute Gasteiger partial charge is 0.326 e. The van der Waals surface area contributed by atoms with Gasteiger partial charge in [0.1, 0.15) is 5.82 Å². The second-order valence-electron chi connectivity index (χ2n) is 3.53. The van der Waals surface area contributed by atoms with Gasteiger partial charge in [0.2, 0.25) is 0 Å². The molecule has 82 valence electrons. The van der Waals surface area contributed by atoms with Crippen LogP contribution in [0, 0.1) is 5.82 Å². The van der Waals surface area contributed by atoms with Crippen molar-refractivity contribution in [1.82, 2.24) is 0 Å². The second-order valence-corrected chi connectivity index (χ2v) is 3.96. The lowest BCUT2D eigenvalue weighted by atomic mass is 10.0. The molecule has 0 spiro atoms. The molecule has 16 heavy (non-hydrogen) atoms. The van der Waals surface area contributed by atoms with Gasteiger partial charge in [0.05, 0.1) is 0 Å². The summed E-state index contributed by atoms with van der Waals surface area (Å²) in [6.45, 7) is 0.484. The van der Waals surface area contributed by atoms with E-state index in [2.05, 4.69) is 0 Å². The van der Waals surface area contributed by atoms with Crippen LogP contribution in [0.15, 0.2) is 42.5 Å². The molecule has 2 aromatic rings. The Balaban J connectivity index is 2.45. The van der Waals surface area contributed by atoms with Crippen molar-refractivity contribution in [2.24, 2.45) is 5.73 Å². The molecule has 0 atom stereocenters. The fourth-order valence-electron chi connectivity index (χ4n) is 1.54. The van der Waals surface area contributed by atoms with Crippen molar-refractivity contribution in [2.45, 2.75) is 6.54 Å². The van der Waals surface area contributed by atoms with E-state index in [4.69, 9.17) is 17.3 Å². The average Bonchev–Trinajstić information content (AvgIpc) is 2.32. The molecule has 0 heterocycles. The molecule has 3 heteroatoms. The van der Waals surface area contributed by atoms with Crippen LogP contribution < -0.4 is 5.73 Å². The minimum atomic E-state index is -0.273. The summed E-state index contributed by atoms with van der Waals surface area (Å²) in [5.41, 5.74) is 7.83. The number of rotatable bonds is 2. The molecule has 0 saturated carbocycles. The monoisotopic (exact) mass is 235 g/mol. The molecule has 0 saturated heterocycles. The Morgan fingerprint density at radius 1 is 1.06 bits per heavy atom. The summed E-state index contributed by atoms with van der Waals surface area (Å²) in [6.07, 6.45) is 0. The van der Waals surface area contributed by atoms with Gasteiger partial charge in [0.15, 0.2) is 0 Å². The smallest absolute Gasteiger partial charge is 0.131 e. The van der Waals surface area contributed by atoms with Crippen LogP contribution in [0.3, 0.4) is 0 Å². The molecule has 0 aliphatic heterocycles. The van der Waals surface area contributed by atoms with Gasteiger partial charge in [-0.1, -0.05) is 35.9 Å². The molecule has 0 aliphatic rings. The van der Waals surface area contributed by atoms with Gasteiger partial charge < -0.3 is 5.73 Å². The van der Waals surface area contributed by atoms with E-state index >= 15 is 0 Å². The maximum atomic E-state index is 13.6. The lowest BCUT2D eigenvalue weighted by Gasteiger charge is -2.05. The lowest BCUT2D eigenvalue weighted by molar-refractivity contribution is 0.631. The van der Waals surface area contributed by atoms with Gasteiger partial charge >= 0.3 is 0 Å². The minimum Gasteiger partial charge on any atom is -0.326 e. The van der Waals surface area contributed by atoms with Crippen molar-refractivity contribution in [3.8, 4) is 11.1 Å². The SMILES string of the molecule is NCc1ccc(-c2cc(Cl)ccc2F)cc1. The van der Waals surface area contributed by atoms with Crippen LogP contribution in [0.5, 0.6) is 0 Å². The van der Waals surface area contributed by atoms with Crippen LogP contribution in [0.2, 0.25) is 5.02 Å². The van der Waals surface area contributed by atoms with Crippen molar-refractivity contribution in [3.63, 3.8) is 0 Å². The van der Waals surface area contributed by atoms with Crippen LogP contribution in [0.25, 0.3) is 11.1 Å². The van der Waals surface area contributed by atoms with Crippen molar-refractivity contribution >= 4 is 11.6 Å². The van der Waals surface area contributed by atoms with Crippen LogP contribution in [-0.4, -0.2) is 0 Å². The van der Waals surface area contributed by atoms with E-state index in [0.717, 1.165) is 11.1 Å². The Hall–Kier alpha value is -1.38. The molecular weight excluding hydrogens is 225 g/mol.